The number of aromatic hydroxyl groups is 1. The summed E-state index contributed by atoms with van der Waals surface area (Å²) in [7, 11) is 0. The highest BCUT2D eigenvalue weighted by Gasteiger charge is 2.35. The van der Waals surface area contributed by atoms with Crippen LogP contribution in [0, 0.1) is 17.7 Å². The Balaban J connectivity index is 2.27. The number of rotatable bonds is 21. The quantitative estimate of drug-likeness (QED) is 0.0693. The third-order valence-electron chi connectivity index (χ3n) is 8.38. The van der Waals surface area contributed by atoms with Gasteiger partial charge in [-0.3, -0.25) is 38.4 Å². The maximum atomic E-state index is 14.1. The van der Waals surface area contributed by atoms with E-state index in [9.17, 15) is 53.0 Å². The van der Waals surface area contributed by atoms with Gasteiger partial charge in [-0.25, -0.2) is 4.39 Å². The van der Waals surface area contributed by atoms with Gasteiger partial charge in [0.05, 0.1) is 19.0 Å². The summed E-state index contributed by atoms with van der Waals surface area (Å²) in [5, 5.41) is 33.6. The van der Waals surface area contributed by atoms with Crippen molar-refractivity contribution in [3.8, 4) is 5.75 Å². The molecule has 7 amide bonds. The van der Waals surface area contributed by atoms with Crippen LogP contribution in [0.4, 0.5) is 4.39 Å². The first-order chi connectivity index (χ1) is 26.2. The fourth-order valence-corrected chi connectivity index (χ4v) is 5.28. The fraction of sp³-hybridized carbons (Fsp3) is 0.459. The van der Waals surface area contributed by atoms with E-state index in [1.165, 1.54) is 31.2 Å². The summed E-state index contributed by atoms with van der Waals surface area (Å²) in [6.07, 6.45) is -1.22. The summed E-state index contributed by atoms with van der Waals surface area (Å²) in [6, 6.07) is 2.91. The molecule has 0 aliphatic carbocycles. The first kappa shape index (κ1) is 46.0. The minimum absolute atomic E-state index is 0.0222. The second-order valence-corrected chi connectivity index (χ2v) is 13.9. The molecule has 0 bridgehead atoms. The summed E-state index contributed by atoms with van der Waals surface area (Å²) in [5.41, 5.74) is 12.0. The number of phenolic OH excluding ortho intramolecular Hbond substituents is 1. The molecule has 0 heterocycles. The number of nitrogens with two attached hydrogens (primary N) is 2. The third-order valence-corrected chi connectivity index (χ3v) is 8.38. The summed E-state index contributed by atoms with van der Waals surface area (Å²) in [4.78, 5) is 102. The van der Waals surface area contributed by atoms with Crippen molar-refractivity contribution in [2.75, 3.05) is 6.54 Å². The standard InChI is InChI=1S/C37H51FN8O10/c1-18(2)30(36(55)41-17-28(40)48)46-37(56)31(19(3)4)45-35(54)27(16-29(49)50)44-34(53)26(15-22-7-6-8-23(38)13-22)43-32(51)20(5)42-33(52)25(39)14-21-9-11-24(47)12-10-21/h6-13,18-20,25-27,30-31,47H,14-17,39H2,1-5H3,(H2,40,48)(H,41,55)(H,42,52)(H,43,51)(H,44,53)(H,45,54)(H,46,56)(H,49,50)/t20-,25+,26+,27+,30+,31+/m1/s1. The van der Waals surface area contributed by atoms with Crippen LogP contribution in [0.25, 0.3) is 0 Å². The first-order valence-electron chi connectivity index (χ1n) is 17.8. The van der Waals surface area contributed by atoms with Crippen molar-refractivity contribution in [1.82, 2.24) is 31.9 Å². The Kier molecular flexibility index (Phi) is 17.8. The lowest BCUT2D eigenvalue weighted by atomic mass is 9.99. The van der Waals surface area contributed by atoms with Crippen molar-refractivity contribution in [2.24, 2.45) is 23.3 Å². The van der Waals surface area contributed by atoms with Crippen LogP contribution in [0.3, 0.4) is 0 Å². The first-order valence-corrected chi connectivity index (χ1v) is 17.8. The number of phenols is 1. The molecule has 2 aromatic rings. The van der Waals surface area contributed by atoms with Crippen molar-refractivity contribution in [3.63, 3.8) is 0 Å². The van der Waals surface area contributed by atoms with Gasteiger partial charge in [0.1, 0.15) is 41.8 Å². The largest absolute Gasteiger partial charge is 0.508 e. The second-order valence-electron chi connectivity index (χ2n) is 13.9. The van der Waals surface area contributed by atoms with Crippen molar-refractivity contribution in [1.29, 1.82) is 0 Å². The van der Waals surface area contributed by atoms with E-state index in [-0.39, 0.29) is 24.2 Å². The molecule has 12 N–H and O–H groups in total. The molecule has 306 valence electrons. The highest BCUT2D eigenvalue weighted by atomic mass is 19.1. The molecular formula is C37H51FN8O10. The molecule has 19 heteroatoms. The Bertz CT molecular complexity index is 1740. The molecule has 0 aliphatic rings. The van der Waals surface area contributed by atoms with Crippen molar-refractivity contribution in [3.05, 3.63) is 65.5 Å². The molecule has 0 radical (unpaired) electrons. The van der Waals surface area contributed by atoms with Gasteiger partial charge in [0.2, 0.25) is 41.4 Å². The average molecular weight is 787 g/mol. The monoisotopic (exact) mass is 786 g/mol. The summed E-state index contributed by atoms with van der Waals surface area (Å²) < 4.78 is 14.1. The van der Waals surface area contributed by atoms with E-state index in [0.29, 0.717) is 5.56 Å². The topological polar surface area (TPSA) is 301 Å². The summed E-state index contributed by atoms with van der Waals surface area (Å²) in [6.45, 7) is 7.22. The zero-order valence-corrected chi connectivity index (χ0v) is 31.8. The molecular weight excluding hydrogens is 735 g/mol. The van der Waals surface area contributed by atoms with E-state index < -0.39 is 114 Å². The predicted octanol–water partition coefficient (Wildman–Crippen LogP) is -1.52. The zero-order valence-electron chi connectivity index (χ0n) is 31.8. The molecule has 0 saturated heterocycles. The Hall–Kier alpha value is -6.11. The van der Waals surface area contributed by atoms with E-state index in [4.69, 9.17) is 11.5 Å². The number of aliphatic carboxylic acids is 1. The van der Waals surface area contributed by atoms with Crippen LogP contribution < -0.4 is 43.4 Å². The molecule has 6 atom stereocenters. The average Bonchev–Trinajstić information content (AvgIpc) is 3.11. The van der Waals surface area contributed by atoms with Gasteiger partial charge in [0.15, 0.2) is 0 Å². The maximum Gasteiger partial charge on any atom is 0.305 e. The molecule has 2 aromatic carbocycles. The van der Waals surface area contributed by atoms with Gasteiger partial charge in [-0.1, -0.05) is 52.0 Å². The number of carboxylic acids is 1. The van der Waals surface area contributed by atoms with E-state index in [1.54, 1.807) is 39.8 Å². The second kappa shape index (κ2) is 21.7. The number of carbonyl (C=O) groups excluding carboxylic acids is 7. The number of primary amides is 1. The van der Waals surface area contributed by atoms with Gasteiger partial charge in [-0.05, 0) is 60.6 Å². The molecule has 0 unspecified atom stereocenters. The Labute approximate surface area is 323 Å². The van der Waals surface area contributed by atoms with Crippen LogP contribution in [0.1, 0.15) is 52.2 Å². The van der Waals surface area contributed by atoms with Crippen molar-refractivity contribution < 1.29 is 53.0 Å². The Morgan fingerprint density at radius 2 is 1.21 bits per heavy atom. The number of hydrogen-bond donors (Lipinski definition) is 10. The van der Waals surface area contributed by atoms with Gasteiger partial charge in [-0.15, -0.1) is 0 Å². The predicted molar refractivity (Wildman–Crippen MR) is 199 cm³/mol. The third kappa shape index (κ3) is 15.3. The summed E-state index contributed by atoms with van der Waals surface area (Å²) in [5.74, 6) is -9.30. The highest BCUT2D eigenvalue weighted by Crippen LogP contribution is 2.12. The maximum absolute atomic E-state index is 14.1. The van der Waals surface area contributed by atoms with E-state index in [1.807, 2.05) is 0 Å². The highest BCUT2D eigenvalue weighted by molar-refractivity contribution is 5.98. The smallest absolute Gasteiger partial charge is 0.305 e. The molecule has 56 heavy (non-hydrogen) atoms. The lowest BCUT2D eigenvalue weighted by molar-refractivity contribution is -0.141. The molecule has 2 rings (SSSR count). The normalized spacial score (nSPS) is 14.2. The van der Waals surface area contributed by atoms with Gasteiger partial charge >= 0.3 is 5.97 Å². The lowest BCUT2D eigenvalue weighted by Crippen LogP contribution is -2.61. The number of carbonyl (C=O) groups is 8. The molecule has 0 aliphatic heterocycles. The van der Waals surface area contributed by atoms with E-state index in [0.717, 1.165) is 12.1 Å². The SMILES string of the molecule is CC(C)[C@H](NC(=O)[C@H](CC(=O)O)NC(=O)[C@H](Cc1cccc(F)c1)NC(=O)[C@@H](C)NC(=O)[C@@H](N)Cc1ccc(O)cc1)C(=O)N[C@H](C(=O)NCC(N)=O)C(C)C. The van der Waals surface area contributed by atoms with Gasteiger partial charge < -0.3 is 53.6 Å². The van der Waals surface area contributed by atoms with Crippen LogP contribution in [-0.2, 0) is 51.2 Å². The van der Waals surface area contributed by atoms with Crippen LogP contribution in [0.5, 0.6) is 5.75 Å². The number of amides is 7. The van der Waals surface area contributed by atoms with Crippen LogP contribution >= 0.6 is 0 Å². The minimum Gasteiger partial charge on any atom is -0.508 e. The van der Waals surface area contributed by atoms with Crippen LogP contribution in [-0.4, -0.2) is 100 Å². The number of carboxylic acid groups (broad SMARTS) is 1. The van der Waals surface area contributed by atoms with Crippen molar-refractivity contribution in [2.45, 2.75) is 90.1 Å². The van der Waals surface area contributed by atoms with Crippen LogP contribution in [0.15, 0.2) is 48.5 Å². The number of benzene rings is 2. The summed E-state index contributed by atoms with van der Waals surface area (Å²) >= 11 is 0. The minimum atomic E-state index is -1.80. The Morgan fingerprint density at radius 1 is 0.661 bits per heavy atom. The molecule has 0 saturated carbocycles. The fourth-order valence-electron chi connectivity index (χ4n) is 5.28. The Morgan fingerprint density at radius 3 is 1.77 bits per heavy atom. The number of nitrogens with one attached hydrogen (secondary N) is 6. The lowest BCUT2D eigenvalue weighted by Gasteiger charge is -2.29. The van der Waals surface area contributed by atoms with E-state index in [2.05, 4.69) is 31.9 Å². The molecule has 0 aromatic heterocycles. The zero-order chi connectivity index (χ0) is 42.3. The van der Waals surface area contributed by atoms with E-state index >= 15 is 0 Å². The molecule has 18 nitrogen and oxygen atoms in total. The number of halogens is 1. The number of hydrogen-bond acceptors (Lipinski definition) is 10. The van der Waals surface area contributed by atoms with Gasteiger partial charge in [0.25, 0.3) is 0 Å². The van der Waals surface area contributed by atoms with Gasteiger partial charge in [0, 0.05) is 6.42 Å². The van der Waals surface area contributed by atoms with Gasteiger partial charge in [-0.2, -0.15) is 0 Å². The van der Waals surface area contributed by atoms with Crippen LogP contribution in [0.2, 0.25) is 0 Å². The van der Waals surface area contributed by atoms with Crippen molar-refractivity contribution >= 4 is 47.3 Å². The molecule has 0 fully saturated rings. The molecule has 0 spiro atoms.